The van der Waals surface area contributed by atoms with Crippen LogP contribution in [0.1, 0.15) is 18.7 Å². The second-order valence-corrected chi connectivity index (χ2v) is 5.71. The topological polar surface area (TPSA) is 48.0 Å². The molecule has 2 aromatic heterocycles. The Hall–Kier alpha value is -2.07. The number of nitrogens with zero attached hydrogens (tertiary/aromatic N) is 2. The molecule has 21 heavy (non-hydrogen) atoms. The summed E-state index contributed by atoms with van der Waals surface area (Å²) >= 11 is 5.89. The first kappa shape index (κ1) is 12.7. The molecule has 0 spiro atoms. The minimum Gasteiger partial charge on any atom is -0.437 e. The normalized spacial score (nSPS) is 14.3. The first-order valence-electron chi connectivity index (χ1n) is 7.01. The van der Waals surface area contributed by atoms with E-state index in [1.54, 1.807) is 22.8 Å². The standard InChI is InChI=1S/C16H13ClN2O2/c17-11-6-4-10(5-7-11)13-9-12-15(21-13)18-14-3-1-2-8-19(14)16(12)20/h4-7,9H,1-3,8H2. The van der Waals surface area contributed by atoms with Crippen molar-refractivity contribution < 1.29 is 4.42 Å². The fourth-order valence-electron chi connectivity index (χ4n) is 2.79. The summed E-state index contributed by atoms with van der Waals surface area (Å²) in [6.45, 7) is 0.749. The van der Waals surface area contributed by atoms with Gasteiger partial charge in [0.15, 0.2) is 0 Å². The van der Waals surface area contributed by atoms with Gasteiger partial charge in [0.1, 0.15) is 17.0 Å². The van der Waals surface area contributed by atoms with Gasteiger partial charge in [-0.15, -0.1) is 0 Å². The van der Waals surface area contributed by atoms with E-state index in [4.69, 9.17) is 16.0 Å². The maximum atomic E-state index is 12.5. The summed E-state index contributed by atoms with van der Waals surface area (Å²) in [4.78, 5) is 17.0. The number of hydrogen-bond acceptors (Lipinski definition) is 3. The highest BCUT2D eigenvalue weighted by atomic mass is 35.5. The Kier molecular flexibility index (Phi) is 2.86. The molecule has 1 aliphatic rings. The summed E-state index contributed by atoms with van der Waals surface area (Å²) in [6, 6.07) is 9.12. The van der Waals surface area contributed by atoms with Crippen molar-refractivity contribution in [2.45, 2.75) is 25.8 Å². The minimum absolute atomic E-state index is 0.00124. The molecule has 5 heteroatoms. The van der Waals surface area contributed by atoms with Crippen LogP contribution in [0.3, 0.4) is 0 Å². The molecule has 0 N–H and O–H groups in total. The number of furan rings is 1. The summed E-state index contributed by atoms with van der Waals surface area (Å²) in [5.74, 6) is 1.48. The van der Waals surface area contributed by atoms with Crippen molar-refractivity contribution in [1.29, 1.82) is 0 Å². The van der Waals surface area contributed by atoms with Gasteiger partial charge in [-0.1, -0.05) is 11.6 Å². The molecule has 4 nitrogen and oxygen atoms in total. The fraction of sp³-hybridized carbons (Fsp3) is 0.250. The third kappa shape index (κ3) is 2.07. The lowest BCUT2D eigenvalue weighted by Crippen LogP contribution is -2.27. The van der Waals surface area contributed by atoms with Crippen LogP contribution < -0.4 is 5.56 Å². The lowest BCUT2D eigenvalue weighted by molar-refractivity contribution is 0.494. The van der Waals surface area contributed by atoms with Crippen LogP contribution in [0.2, 0.25) is 5.02 Å². The van der Waals surface area contributed by atoms with Gasteiger partial charge < -0.3 is 4.42 Å². The van der Waals surface area contributed by atoms with Crippen LogP contribution in [-0.4, -0.2) is 9.55 Å². The van der Waals surface area contributed by atoms with E-state index in [9.17, 15) is 4.79 Å². The van der Waals surface area contributed by atoms with Gasteiger partial charge in [0, 0.05) is 23.6 Å². The maximum absolute atomic E-state index is 12.5. The molecule has 1 aliphatic heterocycles. The fourth-order valence-corrected chi connectivity index (χ4v) is 2.91. The Morgan fingerprint density at radius 2 is 2.00 bits per heavy atom. The van der Waals surface area contributed by atoms with E-state index < -0.39 is 0 Å². The van der Waals surface area contributed by atoms with Crippen molar-refractivity contribution in [1.82, 2.24) is 9.55 Å². The van der Waals surface area contributed by atoms with E-state index in [-0.39, 0.29) is 5.56 Å². The molecule has 0 unspecified atom stereocenters. The lowest BCUT2D eigenvalue weighted by Gasteiger charge is -2.16. The Labute approximate surface area is 126 Å². The highest BCUT2D eigenvalue weighted by Gasteiger charge is 2.18. The van der Waals surface area contributed by atoms with Crippen molar-refractivity contribution >= 4 is 22.7 Å². The van der Waals surface area contributed by atoms with E-state index in [1.807, 2.05) is 12.1 Å². The largest absolute Gasteiger partial charge is 0.437 e. The van der Waals surface area contributed by atoms with Gasteiger partial charge in [-0.3, -0.25) is 9.36 Å². The van der Waals surface area contributed by atoms with Crippen LogP contribution in [0.5, 0.6) is 0 Å². The molecule has 0 fully saturated rings. The molecule has 0 radical (unpaired) electrons. The number of aryl methyl sites for hydroxylation is 1. The maximum Gasteiger partial charge on any atom is 0.264 e. The van der Waals surface area contributed by atoms with Crippen LogP contribution in [-0.2, 0) is 13.0 Å². The predicted molar refractivity (Wildman–Crippen MR) is 81.7 cm³/mol. The zero-order valence-electron chi connectivity index (χ0n) is 11.3. The summed E-state index contributed by atoms with van der Waals surface area (Å²) in [5.41, 5.74) is 1.32. The Morgan fingerprint density at radius 3 is 2.81 bits per heavy atom. The third-order valence-electron chi connectivity index (χ3n) is 3.89. The summed E-state index contributed by atoms with van der Waals surface area (Å²) in [7, 11) is 0. The van der Waals surface area contributed by atoms with Crippen molar-refractivity contribution in [2.24, 2.45) is 0 Å². The Morgan fingerprint density at radius 1 is 1.19 bits per heavy atom. The first-order chi connectivity index (χ1) is 10.2. The average molecular weight is 301 g/mol. The number of halogens is 1. The van der Waals surface area contributed by atoms with Crippen LogP contribution in [0, 0.1) is 0 Å². The molecular weight excluding hydrogens is 288 g/mol. The van der Waals surface area contributed by atoms with Gasteiger partial charge in [0.2, 0.25) is 5.71 Å². The zero-order chi connectivity index (χ0) is 14.4. The number of benzene rings is 1. The summed E-state index contributed by atoms with van der Waals surface area (Å²) < 4.78 is 7.54. The van der Waals surface area contributed by atoms with Gasteiger partial charge in [0.25, 0.3) is 5.56 Å². The predicted octanol–water partition coefficient (Wildman–Crippen LogP) is 3.65. The van der Waals surface area contributed by atoms with Crippen LogP contribution in [0.4, 0.5) is 0 Å². The zero-order valence-corrected chi connectivity index (χ0v) is 12.1. The number of fused-ring (bicyclic) bond motifs is 2. The molecule has 0 saturated carbocycles. The van der Waals surface area contributed by atoms with Crippen molar-refractivity contribution in [3.05, 3.63) is 51.5 Å². The van der Waals surface area contributed by atoms with Crippen LogP contribution >= 0.6 is 11.6 Å². The number of rotatable bonds is 1. The minimum atomic E-state index is -0.00124. The molecule has 0 bridgehead atoms. The van der Waals surface area contributed by atoms with Gasteiger partial charge in [-0.2, -0.15) is 4.98 Å². The van der Waals surface area contributed by atoms with Gasteiger partial charge in [-0.05, 0) is 43.2 Å². The molecule has 0 aliphatic carbocycles. The second kappa shape index (κ2) is 4.74. The summed E-state index contributed by atoms with van der Waals surface area (Å²) in [6.07, 6.45) is 2.94. The van der Waals surface area contributed by atoms with E-state index in [0.29, 0.717) is 21.9 Å². The van der Waals surface area contributed by atoms with E-state index in [1.165, 1.54) is 0 Å². The smallest absolute Gasteiger partial charge is 0.264 e. The molecule has 1 aromatic carbocycles. The Balaban J connectivity index is 1.92. The van der Waals surface area contributed by atoms with Gasteiger partial charge >= 0.3 is 0 Å². The molecule has 4 rings (SSSR count). The van der Waals surface area contributed by atoms with Crippen molar-refractivity contribution in [3.8, 4) is 11.3 Å². The first-order valence-corrected chi connectivity index (χ1v) is 7.39. The molecular formula is C16H13ClN2O2. The van der Waals surface area contributed by atoms with Crippen molar-refractivity contribution in [2.75, 3.05) is 0 Å². The molecule has 3 heterocycles. The van der Waals surface area contributed by atoms with Crippen LogP contribution in [0.15, 0.2) is 39.5 Å². The van der Waals surface area contributed by atoms with E-state index in [0.717, 1.165) is 37.2 Å². The number of hydrogen-bond donors (Lipinski definition) is 0. The molecule has 0 amide bonds. The van der Waals surface area contributed by atoms with E-state index in [2.05, 4.69) is 4.98 Å². The SMILES string of the molecule is O=c1c2cc(-c3ccc(Cl)cc3)oc2nc2n1CCCC2. The molecule has 106 valence electrons. The second-order valence-electron chi connectivity index (χ2n) is 5.28. The van der Waals surface area contributed by atoms with Crippen LogP contribution in [0.25, 0.3) is 22.4 Å². The molecule has 0 saturated heterocycles. The van der Waals surface area contributed by atoms with E-state index >= 15 is 0 Å². The highest BCUT2D eigenvalue weighted by Crippen LogP contribution is 2.27. The summed E-state index contributed by atoms with van der Waals surface area (Å²) in [5, 5.41) is 1.22. The monoisotopic (exact) mass is 300 g/mol. The lowest BCUT2D eigenvalue weighted by atomic mass is 10.1. The quantitative estimate of drug-likeness (QED) is 0.689. The number of aromatic nitrogens is 2. The average Bonchev–Trinajstić information content (AvgIpc) is 2.92. The third-order valence-corrected chi connectivity index (χ3v) is 4.14. The Bertz CT molecular complexity index is 878. The highest BCUT2D eigenvalue weighted by molar-refractivity contribution is 6.30. The van der Waals surface area contributed by atoms with Gasteiger partial charge in [-0.25, -0.2) is 0 Å². The molecule has 0 atom stereocenters. The van der Waals surface area contributed by atoms with Crippen molar-refractivity contribution in [3.63, 3.8) is 0 Å². The van der Waals surface area contributed by atoms with Gasteiger partial charge in [0.05, 0.1) is 0 Å². The molecule has 3 aromatic rings.